The van der Waals surface area contributed by atoms with Crippen molar-refractivity contribution in [1.82, 2.24) is 0 Å². The summed E-state index contributed by atoms with van der Waals surface area (Å²) in [5.41, 5.74) is 0. The van der Waals surface area contributed by atoms with E-state index in [1.54, 1.807) is 13.8 Å². The summed E-state index contributed by atoms with van der Waals surface area (Å²) in [5.74, 6) is -1.33. The first kappa shape index (κ1) is 13.3. The molecule has 0 aromatic heterocycles. The first-order valence-electron chi connectivity index (χ1n) is 4.54. The van der Waals surface area contributed by atoms with Gasteiger partial charge in [0.15, 0.2) is 6.04 Å². The van der Waals surface area contributed by atoms with Gasteiger partial charge in [0, 0.05) is 0 Å². The normalized spacial score (nSPS) is 11.1. The summed E-state index contributed by atoms with van der Waals surface area (Å²) in [6.07, 6.45) is 0.917. The first-order chi connectivity index (χ1) is 7.15. The minimum Gasteiger partial charge on any atom is -0.466 e. The number of hydrogen-bond acceptors (Lipinski definition) is 6. The number of nitrogens with zero attached hydrogens (tertiary/aromatic N) is 1. The van der Waals surface area contributed by atoms with E-state index in [1.165, 1.54) is 6.08 Å². The van der Waals surface area contributed by atoms with Crippen LogP contribution in [0.4, 0.5) is 0 Å². The molecule has 0 unspecified atom stereocenters. The molecule has 6 nitrogen and oxygen atoms in total. The molecule has 15 heavy (non-hydrogen) atoms. The summed E-state index contributed by atoms with van der Waals surface area (Å²) < 4.78 is 9.23. The number of rotatable bonds is 6. The molecule has 84 valence electrons. The van der Waals surface area contributed by atoms with Gasteiger partial charge in [-0.25, -0.2) is 9.59 Å². The number of isocyanates is 1. The Balaban J connectivity index is 4.33. The number of carbonyl (C=O) groups excluding carboxylic acids is 3. The third-order valence-electron chi connectivity index (χ3n) is 1.43. The summed E-state index contributed by atoms with van der Waals surface area (Å²) in [4.78, 5) is 35.4. The summed E-state index contributed by atoms with van der Waals surface area (Å²) >= 11 is 0. The summed E-state index contributed by atoms with van der Waals surface area (Å²) in [6, 6.07) is -1.15. The molecule has 0 aromatic carbocycles. The van der Waals surface area contributed by atoms with Crippen molar-refractivity contribution < 1.29 is 23.9 Å². The van der Waals surface area contributed by atoms with Gasteiger partial charge in [0.05, 0.1) is 19.6 Å². The maximum atomic E-state index is 11.2. The Kier molecular flexibility index (Phi) is 6.84. The lowest BCUT2D eigenvalue weighted by molar-refractivity contribution is -0.151. The van der Waals surface area contributed by atoms with E-state index in [1.807, 2.05) is 0 Å². The minimum absolute atomic E-state index is 0.159. The third-order valence-corrected chi connectivity index (χ3v) is 1.43. The number of aliphatic imine (C=N–C) groups is 1. The molecule has 0 saturated heterocycles. The van der Waals surface area contributed by atoms with Crippen LogP contribution in [0.5, 0.6) is 0 Å². The molecule has 0 fully saturated rings. The molecule has 6 heteroatoms. The van der Waals surface area contributed by atoms with Crippen LogP contribution in [0, 0.1) is 0 Å². The lowest BCUT2D eigenvalue weighted by atomic mass is 10.2. The second-order valence-corrected chi connectivity index (χ2v) is 2.50. The Labute approximate surface area is 87.3 Å². The quantitative estimate of drug-likeness (QED) is 0.359. The Morgan fingerprint density at radius 2 is 1.87 bits per heavy atom. The van der Waals surface area contributed by atoms with Gasteiger partial charge in [-0.3, -0.25) is 4.79 Å². The van der Waals surface area contributed by atoms with E-state index >= 15 is 0 Å². The largest absolute Gasteiger partial charge is 0.466 e. The minimum atomic E-state index is -1.15. The van der Waals surface area contributed by atoms with Gasteiger partial charge in [-0.15, -0.1) is 0 Å². The van der Waals surface area contributed by atoms with Crippen LogP contribution in [0.15, 0.2) is 4.99 Å². The zero-order chi connectivity index (χ0) is 11.7. The standard InChI is InChI=1S/C9H13NO5/c1-3-14-8(12)5-7(10-6-11)9(13)15-4-2/h7H,3-5H2,1-2H3/t7-/m0/s1. The van der Waals surface area contributed by atoms with Gasteiger partial charge in [-0.2, -0.15) is 4.99 Å². The van der Waals surface area contributed by atoms with E-state index in [4.69, 9.17) is 0 Å². The molecule has 1 atom stereocenters. The molecule has 0 N–H and O–H groups in total. The molecule has 0 radical (unpaired) electrons. The van der Waals surface area contributed by atoms with Crippen molar-refractivity contribution in [3.8, 4) is 0 Å². The number of esters is 2. The van der Waals surface area contributed by atoms with E-state index in [2.05, 4.69) is 14.5 Å². The van der Waals surface area contributed by atoms with Gasteiger partial charge in [0.25, 0.3) is 0 Å². The van der Waals surface area contributed by atoms with Crippen LogP contribution in [-0.4, -0.2) is 37.3 Å². The predicted octanol–water partition coefficient (Wildman–Crippen LogP) is 0.207. The highest BCUT2D eigenvalue weighted by Crippen LogP contribution is 2.02. The molecule has 0 saturated carbocycles. The molecular weight excluding hydrogens is 202 g/mol. The second kappa shape index (κ2) is 7.70. The molecule has 0 aliphatic rings. The zero-order valence-corrected chi connectivity index (χ0v) is 8.69. The fourth-order valence-electron chi connectivity index (χ4n) is 0.862. The van der Waals surface area contributed by atoms with Crippen molar-refractivity contribution >= 4 is 18.0 Å². The van der Waals surface area contributed by atoms with Gasteiger partial charge >= 0.3 is 11.9 Å². The van der Waals surface area contributed by atoms with E-state index in [0.29, 0.717) is 0 Å². The molecule has 0 aliphatic carbocycles. The Morgan fingerprint density at radius 3 is 2.33 bits per heavy atom. The zero-order valence-electron chi connectivity index (χ0n) is 8.69. The molecule has 0 rings (SSSR count). The van der Waals surface area contributed by atoms with Crippen LogP contribution >= 0.6 is 0 Å². The van der Waals surface area contributed by atoms with Crippen LogP contribution in [0.2, 0.25) is 0 Å². The Morgan fingerprint density at radius 1 is 1.27 bits per heavy atom. The highest BCUT2D eigenvalue weighted by atomic mass is 16.5. The summed E-state index contributed by atoms with van der Waals surface area (Å²) in [6.45, 7) is 3.62. The van der Waals surface area contributed by atoms with Crippen LogP contribution in [0.25, 0.3) is 0 Å². The first-order valence-corrected chi connectivity index (χ1v) is 4.54. The topological polar surface area (TPSA) is 82.0 Å². The summed E-state index contributed by atoms with van der Waals surface area (Å²) in [5, 5.41) is 0. The maximum absolute atomic E-state index is 11.2. The van der Waals surface area contributed by atoms with Crippen molar-refractivity contribution in [1.29, 1.82) is 0 Å². The van der Waals surface area contributed by atoms with Crippen molar-refractivity contribution in [3.63, 3.8) is 0 Å². The predicted molar refractivity (Wildman–Crippen MR) is 49.8 cm³/mol. The van der Waals surface area contributed by atoms with Gasteiger partial charge in [-0.1, -0.05) is 0 Å². The summed E-state index contributed by atoms with van der Waals surface area (Å²) in [7, 11) is 0. The van der Waals surface area contributed by atoms with Gasteiger partial charge in [-0.05, 0) is 13.8 Å². The molecule has 0 aliphatic heterocycles. The highest BCUT2D eigenvalue weighted by molar-refractivity contribution is 5.83. The fraction of sp³-hybridized carbons (Fsp3) is 0.667. The SMILES string of the molecule is CCOC(=O)C[C@H](N=C=O)C(=O)OCC. The molecular formula is C9H13NO5. The Bertz CT molecular complexity index is 270. The van der Waals surface area contributed by atoms with Crippen LogP contribution < -0.4 is 0 Å². The van der Waals surface area contributed by atoms with Crippen molar-refractivity contribution in [2.24, 2.45) is 4.99 Å². The van der Waals surface area contributed by atoms with Crippen LogP contribution in [0.3, 0.4) is 0 Å². The lowest BCUT2D eigenvalue weighted by Gasteiger charge is -2.08. The van der Waals surface area contributed by atoms with Crippen LogP contribution in [0.1, 0.15) is 20.3 Å². The molecule has 0 bridgehead atoms. The van der Waals surface area contributed by atoms with E-state index in [9.17, 15) is 14.4 Å². The van der Waals surface area contributed by atoms with E-state index in [0.717, 1.165) is 0 Å². The maximum Gasteiger partial charge on any atom is 0.332 e. The van der Waals surface area contributed by atoms with E-state index in [-0.39, 0.29) is 19.6 Å². The van der Waals surface area contributed by atoms with Gasteiger partial charge < -0.3 is 9.47 Å². The Hall–Kier alpha value is -1.68. The van der Waals surface area contributed by atoms with Gasteiger partial charge in [0.1, 0.15) is 0 Å². The second-order valence-electron chi connectivity index (χ2n) is 2.50. The number of ether oxygens (including phenoxy) is 2. The number of carbonyl (C=O) groups is 2. The molecule has 0 spiro atoms. The van der Waals surface area contributed by atoms with Crippen molar-refractivity contribution in [2.75, 3.05) is 13.2 Å². The smallest absolute Gasteiger partial charge is 0.332 e. The molecule has 0 aromatic rings. The van der Waals surface area contributed by atoms with Gasteiger partial charge in [0.2, 0.25) is 6.08 Å². The molecule has 0 amide bonds. The fourth-order valence-corrected chi connectivity index (χ4v) is 0.862. The molecule has 0 heterocycles. The monoisotopic (exact) mass is 215 g/mol. The van der Waals surface area contributed by atoms with E-state index < -0.39 is 18.0 Å². The van der Waals surface area contributed by atoms with Crippen molar-refractivity contribution in [2.45, 2.75) is 26.3 Å². The average Bonchev–Trinajstić information content (AvgIpc) is 2.18. The lowest BCUT2D eigenvalue weighted by Crippen LogP contribution is -2.25. The van der Waals surface area contributed by atoms with Crippen LogP contribution in [-0.2, 0) is 23.9 Å². The third kappa shape index (κ3) is 5.59. The number of hydrogen-bond donors (Lipinski definition) is 0. The highest BCUT2D eigenvalue weighted by Gasteiger charge is 2.23. The van der Waals surface area contributed by atoms with Crippen molar-refractivity contribution in [3.05, 3.63) is 0 Å². The average molecular weight is 215 g/mol.